The number of aryl methyl sites for hydroxylation is 1. The summed E-state index contributed by atoms with van der Waals surface area (Å²) >= 11 is 0. The van der Waals surface area contributed by atoms with Crippen LogP contribution >= 0.6 is 0 Å². The molecule has 0 unspecified atom stereocenters. The summed E-state index contributed by atoms with van der Waals surface area (Å²) in [6, 6.07) is 37.7. The first-order valence-electron chi connectivity index (χ1n) is 10.1. The Morgan fingerprint density at radius 2 is 0.897 bits per heavy atom. The van der Waals surface area contributed by atoms with Gasteiger partial charge in [0.2, 0.25) is 0 Å². The molecule has 0 saturated heterocycles. The van der Waals surface area contributed by atoms with E-state index in [2.05, 4.69) is 110 Å². The van der Waals surface area contributed by atoms with Gasteiger partial charge < -0.3 is 0 Å². The molecule has 0 atom stereocenters. The van der Waals surface area contributed by atoms with Gasteiger partial charge in [-0.3, -0.25) is 0 Å². The zero-order valence-electron chi connectivity index (χ0n) is 16.3. The van der Waals surface area contributed by atoms with Crippen LogP contribution in [0.2, 0.25) is 0 Å². The van der Waals surface area contributed by atoms with E-state index in [9.17, 15) is 0 Å². The molecule has 0 aromatic heterocycles. The highest BCUT2D eigenvalue weighted by molar-refractivity contribution is 6.18. The van der Waals surface area contributed by atoms with Gasteiger partial charge in [0.1, 0.15) is 0 Å². The lowest BCUT2D eigenvalue weighted by Gasteiger charge is -2.11. The first-order chi connectivity index (χ1) is 14.3. The average Bonchev–Trinajstić information content (AvgIpc) is 3.11. The second kappa shape index (κ2) is 6.18. The molecule has 0 bridgehead atoms. The van der Waals surface area contributed by atoms with Gasteiger partial charge in [-0.25, -0.2) is 0 Å². The second-order valence-corrected chi connectivity index (χ2v) is 7.88. The van der Waals surface area contributed by atoms with Crippen LogP contribution in [0.4, 0.5) is 0 Å². The van der Waals surface area contributed by atoms with Crippen LogP contribution in [0.1, 0.15) is 5.56 Å². The van der Waals surface area contributed by atoms with Gasteiger partial charge in [-0.2, -0.15) is 0 Å². The van der Waals surface area contributed by atoms with E-state index in [4.69, 9.17) is 0 Å². The standard InChI is InChI=1S/C29H20/c1-19-9-11-20(12-10-19)21-13-15-22(16-14-21)23-17-18-28-25-6-3-2-5-24(25)27-8-4-7-26(23)29(27)28/h2-18H,1H3. The molecule has 0 fully saturated rings. The normalized spacial score (nSPS) is 11.6. The van der Waals surface area contributed by atoms with E-state index in [0.717, 1.165) is 0 Å². The van der Waals surface area contributed by atoms with Crippen LogP contribution in [0, 0.1) is 6.92 Å². The molecule has 0 spiro atoms. The predicted molar refractivity (Wildman–Crippen MR) is 124 cm³/mol. The van der Waals surface area contributed by atoms with Crippen LogP contribution in [-0.4, -0.2) is 0 Å². The fourth-order valence-corrected chi connectivity index (χ4v) is 4.65. The van der Waals surface area contributed by atoms with E-state index >= 15 is 0 Å². The van der Waals surface area contributed by atoms with Crippen LogP contribution in [0.3, 0.4) is 0 Å². The van der Waals surface area contributed by atoms with Crippen LogP contribution in [-0.2, 0) is 0 Å². The summed E-state index contributed by atoms with van der Waals surface area (Å²) in [5.74, 6) is 0. The summed E-state index contributed by atoms with van der Waals surface area (Å²) in [6.07, 6.45) is 0. The van der Waals surface area contributed by atoms with Crippen LogP contribution < -0.4 is 0 Å². The monoisotopic (exact) mass is 368 g/mol. The van der Waals surface area contributed by atoms with Crippen molar-refractivity contribution in [1.82, 2.24) is 0 Å². The molecule has 29 heavy (non-hydrogen) atoms. The van der Waals surface area contributed by atoms with Gasteiger partial charge in [0.15, 0.2) is 0 Å². The van der Waals surface area contributed by atoms with E-state index in [1.807, 2.05) is 0 Å². The molecule has 0 aliphatic heterocycles. The summed E-state index contributed by atoms with van der Waals surface area (Å²) in [4.78, 5) is 0. The van der Waals surface area contributed by atoms with Crippen LogP contribution in [0.5, 0.6) is 0 Å². The number of hydrogen-bond acceptors (Lipinski definition) is 0. The molecule has 0 heteroatoms. The Balaban J connectivity index is 1.50. The first-order valence-corrected chi connectivity index (χ1v) is 10.1. The Kier molecular flexibility index (Phi) is 3.48. The summed E-state index contributed by atoms with van der Waals surface area (Å²) in [7, 11) is 0. The Bertz CT molecular complexity index is 1340. The third-order valence-corrected chi connectivity index (χ3v) is 6.13. The molecule has 0 N–H and O–H groups in total. The minimum absolute atomic E-state index is 1.26. The molecule has 136 valence electrons. The molecular weight excluding hydrogens is 348 g/mol. The van der Waals surface area contributed by atoms with Gasteiger partial charge in [0, 0.05) is 0 Å². The number of hydrogen-bond donors (Lipinski definition) is 0. The van der Waals surface area contributed by atoms with Gasteiger partial charge >= 0.3 is 0 Å². The molecule has 0 saturated carbocycles. The molecule has 0 nitrogen and oxygen atoms in total. The summed E-state index contributed by atoms with van der Waals surface area (Å²) in [6.45, 7) is 2.13. The van der Waals surface area contributed by atoms with E-state index in [0.29, 0.717) is 0 Å². The van der Waals surface area contributed by atoms with E-state index in [1.54, 1.807) is 0 Å². The zero-order chi connectivity index (χ0) is 19.4. The summed E-state index contributed by atoms with van der Waals surface area (Å²) in [5, 5.41) is 2.72. The minimum atomic E-state index is 1.26. The lowest BCUT2D eigenvalue weighted by atomic mass is 9.93. The van der Waals surface area contributed by atoms with Crippen LogP contribution in [0.25, 0.3) is 55.3 Å². The zero-order valence-corrected chi connectivity index (χ0v) is 16.3. The van der Waals surface area contributed by atoms with Gasteiger partial charge in [0.25, 0.3) is 0 Å². The van der Waals surface area contributed by atoms with Crippen molar-refractivity contribution < 1.29 is 0 Å². The number of rotatable bonds is 2. The molecule has 0 radical (unpaired) electrons. The van der Waals surface area contributed by atoms with E-state index < -0.39 is 0 Å². The van der Waals surface area contributed by atoms with Gasteiger partial charge in [0.05, 0.1) is 0 Å². The number of fused-ring (bicyclic) bond motifs is 3. The van der Waals surface area contributed by atoms with Crippen molar-refractivity contribution in [2.24, 2.45) is 0 Å². The maximum absolute atomic E-state index is 2.29. The largest absolute Gasteiger partial charge is 0.0616 e. The van der Waals surface area contributed by atoms with E-state index in [-0.39, 0.29) is 0 Å². The van der Waals surface area contributed by atoms with Gasteiger partial charge in [-0.05, 0) is 62.2 Å². The van der Waals surface area contributed by atoms with Crippen molar-refractivity contribution in [2.45, 2.75) is 6.92 Å². The lowest BCUT2D eigenvalue weighted by molar-refractivity contribution is 1.47. The lowest BCUT2D eigenvalue weighted by Crippen LogP contribution is -1.84. The summed E-state index contributed by atoms with van der Waals surface area (Å²) < 4.78 is 0. The average molecular weight is 368 g/mol. The predicted octanol–water partition coefficient (Wildman–Crippen LogP) is 8.13. The van der Waals surface area contributed by atoms with Gasteiger partial charge in [-0.15, -0.1) is 0 Å². The molecule has 6 rings (SSSR count). The van der Waals surface area contributed by atoms with Crippen molar-refractivity contribution in [1.29, 1.82) is 0 Å². The maximum Gasteiger partial charge on any atom is -0.00201 e. The molecule has 1 aliphatic carbocycles. The molecular formula is C29H20. The van der Waals surface area contributed by atoms with Crippen molar-refractivity contribution in [3.63, 3.8) is 0 Å². The fourth-order valence-electron chi connectivity index (χ4n) is 4.65. The first kappa shape index (κ1) is 16.3. The fraction of sp³-hybridized carbons (Fsp3) is 0.0345. The molecule has 5 aromatic rings. The van der Waals surface area contributed by atoms with E-state index in [1.165, 1.54) is 60.8 Å². The Hall–Kier alpha value is -3.64. The quantitative estimate of drug-likeness (QED) is 0.289. The Morgan fingerprint density at radius 3 is 1.59 bits per heavy atom. The third kappa shape index (κ3) is 2.46. The maximum atomic E-state index is 2.29. The molecule has 0 amide bonds. The number of benzene rings is 5. The van der Waals surface area contributed by atoms with Crippen molar-refractivity contribution in [3.05, 3.63) is 109 Å². The summed E-state index contributed by atoms with van der Waals surface area (Å²) in [5.41, 5.74) is 11.8. The topological polar surface area (TPSA) is 0 Å². The SMILES string of the molecule is Cc1ccc(-c2ccc(-c3ccc4c5c(cccc35)-c3ccccc3-4)cc2)cc1. The molecule has 0 heterocycles. The second-order valence-electron chi connectivity index (χ2n) is 7.88. The highest BCUT2D eigenvalue weighted by atomic mass is 14.2. The minimum Gasteiger partial charge on any atom is -0.0616 e. The van der Waals surface area contributed by atoms with Crippen molar-refractivity contribution in [3.8, 4) is 44.5 Å². The molecule has 5 aromatic carbocycles. The highest BCUT2D eigenvalue weighted by Gasteiger charge is 2.21. The van der Waals surface area contributed by atoms with Gasteiger partial charge in [-0.1, -0.05) is 109 Å². The smallest absolute Gasteiger partial charge is 0.00201 e. The van der Waals surface area contributed by atoms with Crippen molar-refractivity contribution in [2.75, 3.05) is 0 Å². The molecule has 1 aliphatic rings. The van der Waals surface area contributed by atoms with Crippen LogP contribution in [0.15, 0.2) is 103 Å². The third-order valence-electron chi connectivity index (χ3n) is 6.13. The Morgan fingerprint density at radius 1 is 0.379 bits per heavy atom. The Labute approximate surface area is 171 Å². The highest BCUT2D eigenvalue weighted by Crippen LogP contribution is 2.49. The van der Waals surface area contributed by atoms with Crippen molar-refractivity contribution >= 4 is 10.8 Å².